The molecule has 1 saturated carbocycles. The number of rotatable bonds is 4. The molecule has 5 heteroatoms. The molecule has 0 N–H and O–H groups in total. The van der Waals surface area contributed by atoms with E-state index >= 15 is 0 Å². The van der Waals surface area contributed by atoms with Crippen LogP contribution in [0.1, 0.15) is 25.7 Å². The van der Waals surface area contributed by atoms with Crippen molar-refractivity contribution in [1.82, 2.24) is 0 Å². The molecule has 0 spiro atoms. The molecule has 1 aliphatic rings. The van der Waals surface area contributed by atoms with Crippen LogP contribution in [0.5, 0.6) is 0 Å². The van der Waals surface area contributed by atoms with Crippen LogP contribution in [0.2, 0.25) is 0 Å². The minimum absolute atomic E-state index is 0.0783. The van der Waals surface area contributed by atoms with Gasteiger partial charge < -0.3 is 4.74 Å². The van der Waals surface area contributed by atoms with E-state index in [1.165, 1.54) is 12.8 Å². The zero-order chi connectivity index (χ0) is 9.03. The van der Waals surface area contributed by atoms with E-state index in [2.05, 4.69) is 0 Å². The summed E-state index contributed by atoms with van der Waals surface area (Å²) in [5, 5.41) is 0. The van der Waals surface area contributed by atoms with Crippen LogP contribution in [-0.2, 0) is 13.8 Å². The van der Waals surface area contributed by atoms with Crippen LogP contribution in [0.15, 0.2) is 0 Å². The molecule has 1 fully saturated rings. The summed E-state index contributed by atoms with van der Waals surface area (Å²) in [7, 11) is 1.64. The first-order chi connectivity index (χ1) is 5.58. The highest BCUT2D eigenvalue weighted by atomic mass is 35.7. The Hall–Kier alpha value is 0.200. The molecule has 0 radical (unpaired) electrons. The second-order valence-electron chi connectivity index (χ2n) is 3.02. The molecule has 3 nitrogen and oxygen atoms in total. The largest absolute Gasteiger partial charge is 0.377 e. The van der Waals surface area contributed by atoms with Crippen LogP contribution >= 0.6 is 10.7 Å². The van der Waals surface area contributed by atoms with Crippen LogP contribution in [0.4, 0.5) is 0 Å². The van der Waals surface area contributed by atoms with E-state index < -0.39 is 9.05 Å². The summed E-state index contributed by atoms with van der Waals surface area (Å²) < 4.78 is 26.3. The van der Waals surface area contributed by atoms with E-state index in [4.69, 9.17) is 15.4 Å². The lowest BCUT2D eigenvalue weighted by atomic mass is 10.3. The van der Waals surface area contributed by atoms with Gasteiger partial charge >= 0.3 is 0 Å². The molecule has 1 rings (SSSR count). The Morgan fingerprint density at radius 2 is 1.92 bits per heavy atom. The molecule has 0 aromatic heterocycles. The summed E-state index contributed by atoms with van der Waals surface area (Å²) in [5.74, 6) is -0.0783. The van der Waals surface area contributed by atoms with Crippen molar-refractivity contribution < 1.29 is 13.2 Å². The Labute approximate surface area is 77.5 Å². The van der Waals surface area contributed by atoms with E-state index in [0.717, 1.165) is 12.8 Å². The average Bonchev–Trinajstić information content (AvgIpc) is 2.36. The fourth-order valence-electron chi connectivity index (χ4n) is 1.37. The van der Waals surface area contributed by atoms with Crippen molar-refractivity contribution in [2.45, 2.75) is 31.8 Å². The highest BCUT2D eigenvalue weighted by Gasteiger charge is 2.16. The molecule has 0 unspecified atom stereocenters. The number of halogens is 1. The summed E-state index contributed by atoms with van der Waals surface area (Å²) in [6, 6.07) is 0. The van der Waals surface area contributed by atoms with E-state index in [9.17, 15) is 8.42 Å². The molecule has 0 bridgehead atoms. The van der Waals surface area contributed by atoms with Crippen molar-refractivity contribution in [3.05, 3.63) is 0 Å². The Balaban J connectivity index is 2.09. The molecule has 0 aromatic carbocycles. The molecule has 0 aliphatic heterocycles. The Morgan fingerprint density at radius 1 is 1.33 bits per heavy atom. The van der Waals surface area contributed by atoms with Gasteiger partial charge in [0.05, 0.1) is 18.5 Å². The fourth-order valence-corrected chi connectivity index (χ4v) is 1.85. The molecule has 72 valence electrons. The second kappa shape index (κ2) is 4.44. The lowest BCUT2D eigenvalue weighted by Gasteiger charge is -2.08. The van der Waals surface area contributed by atoms with Gasteiger partial charge in [0.15, 0.2) is 0 Å². The summed E-state index contributed by atoms with van der Waals surface area (Å²) >= 11 is 0. The lowest BCUT2D eigenvalue weighted by molar-refractivity contribution is 0.0699. The van der Waals surface area contributed by atoms with Gasteiger partial charge in [-0.1, -0.05) is 12.8 Å². The minimum atomic E-state index is -3.37. The van der Waals surface area contributed by atoms with Crippen LogP contribution in [0.25, 0.3) is 0 Å². The van der Waals surface area contributed by atoms with Crippen molar-refractivity contribution in [3.8, 4) is 0 Å². The molecular formula is C7H13ClO3S. The third-order valence-electron chi connectivity index (χ3n) is 1.98. The van der Waals surface area contributed by atoms with E-state index in [0.29, 0.717) is 0 Å². The minimum Gasteiger partial charge on any atom is -0.377 e. The van der Waals surface area contributed by atoms with Crippen LogP contribution in [0.3, 0.4) is 0 Å². The van der Waals surface area contributed by atoms with E-state index in [-0.39, 0.29) is 18.5 Å². The quantitative estimate of drug-likeness (QED) is 0.664. The van der Waals surface area contributed by atoms with E-state index in [1.54, 1.807) is 0 Å². The van der Waals surface area contributed by atoms with Gasteiger partial charge in [0, 0.05) is 10.7 Å². The average molecular weight is 213 g/mol. The third-order valence-corrected chi connectivity index (χ3v) is 3.10. The SMILES string of the molecule is O=S(=O)(Cl)CCOC1CCCC1. The zero-order valence-electron chi connectivity index (χ0n) is 6.83. The Kier molecular flexibility index (Phi) is 3.80. The molecule has 1 aliphatic carbocycles. The predicted octanol–water partition coefficient (Wildman–Crippen LogP) is 1.51. The Bertz CT molecular complexity index is 219. The van der Waals surface area contributed by atoms with Gasteiger partial charge in [-0.15, -0.1) is 0 Å². The number of ether oxygens (including phenoxy) is 1. The van der Waals surface area contributed by atoms with Crippen molar-refractivity contribution in [2.75, 3.05) is 12.4 Å². The van der Waals surface area contributed by atoms with Crippen LogP contribution in [0, 0.1) is 0 Å². The highest BCUT2D eigenvalue weighted by Crippen LogP contribution is 2.20. The van der Waals surface area contributed by atoms with Gasteiger partial charge in [-0.05, 0) is 12.8 Å². The molecule has 0 amide bonds. The molecule has 12 heavy (non-hydrogen) atoms. The first kappa shape index (κ1) is 10.3. The van der Waals surface area contributed by atoms with Crippen molar-refractivity contribution >= 4 is 19.7 Å². The van der Waals surface area contributed by atoms with Gasteiger partial charge in [0.1, 0.15) is 0 Å². The smallest absolute Gasteiger partial charge is 0.234 e. The number of hydrogen-bond donors (Lipinski definition) is 0. The maximum atomic E-state index is 10.5. The molecule has 0 aromatic rings. The van der Waals surface area contributed by atoms with Crippen molar-refractivity contribution in [2.24, 2.45) is 0 Å². The van der Waals surface area contributed by atoms with E-state index in [1.807, 2.05) is 0 Å². The van der Waals surface area contributed by atoms with Gasteiger partial charge in [0.25, 0.3) is 0 Å². The van der Waals surface area contributed by atoms with Crippen LogP contribution < -0.4 is 0 Å². The maximum Gasteiger partial charge on any atom is 0.234 e. The zero-order valence-corrected chi connectivity index (χ0v) is 8.40. The standard InChI is InChI=1S/C7H13ClO3S/c8-12(9,10)6-5-11-7-3-1-2-4-7/h7H,1-6H2. The molecular weight excluding hydrogens is 200 g/mol. The highest BCUT2D eigenvalue weighted by molar-refractivity contribution is 8.13. The van der Waals surface area contributed by atoms with Gasteiger partial charge in [-0.3, -0.25) is 0 Å². The monoisotopic (exact) mass is 212 g/mol. The molecule has 0 atom stereocenters. The second-order valence-corrected chi connectivity index (χ2v) is 5.92. The summed E-state index contributed by atoms with van der Waals surface area (Å²) in [6.07, 6.45) is 4.77. The van der Waals surface area contributed by atoms with Crippen molar-refractivity contribution in [3.63, 3.8) is 0 Å². The van der Waals surface area contributed by atoms with Gasteiger partial charge in [0.2, 0.25) is 9.05 Å². The fraction of sp³-hybridized carbons (Fsp3) is 1.00. The van der Waals surface area contributed by atoms with Gasteiger partial charge in [-0.2, -0.15) is 0 Å². The number of hydrogen-bond acceptors (Lipinski definition) is 3. The Morgan fingerprint density at radius 3 is 2.42 bits per heavy atom. The summed E-state index contributed by atoms with van der Waals surface area (Å²) in [5.41, 5.74) is 0. The topological polar surface area (TPSA) is 43.4 Å². The normalized spacial score (nSPS) is 20.1. The molecule has 0 heterocycles. The molecule has 0 saturated heterocycles. The maximum absolute atomic E-state index is 10.5. The predicted molar refractivity (Wildman–Crippen MR) is 47.8 cm³/mol. The van der Waals surface area contributed by atoms with Crippen molar-refractivity contribution in [1.29, 1.82) is 0 Å². The van der Waals surface area contributed by atoms with Crippen LogP contribution in [-0.4, -0.2) is 26.9 Å². The third kappa shape index (κ3) is 4.28. The summed E-state index contributed by atoms with van der Waals surface area (Å²) in [6.45, 7) is 0.233. The first-order valence-electron chi connectivity index (χ1n) is 4.12. The lowest BCUT2D eigenvalue weighted by Crippen LogP contribution is -2.13. The van der Waals surface area contributed by atoms with Gasteiger partial charge in [-0.25, -0.2) is 8.42 Å². The summed E-state index contributed by atoms with van der Waals surface area (Å²) in [4.78, 5) is 0. The first-order valence-corrected chi connectivity index (χ1v) is 6.60.